The summed E-state index contributed by atoms with van der Waals surface area (Å²) in [6, 6.07) is 0. The van der Waals surface area contributed by atoms with Gasteiger partial charge in [0.05, 0.1) is 0 Å². The van der Waals surface area contributed by atoms with E-state index in [1.165, 1.54) is 5.57 Å². The molecule has 0 unspecified atom stereocenters. The molecule has 0 saturated carbocycles. The summed E-state index contributed by atoms with van der Waals surface area (Å²) in [4.78, 5) is 4.53. The standard InChI is InChI=1S/C12H18N4/c1-3-13-12-14-11(15-16(12)4-2)10-8-6-5-7-9-10/h5-6,8H,3-4,7,9H2,1-2H3,(H,13,14,15). The zero-order chi connectivity index (χ0) is 11.4. The first-order valence-electron chi connectivity index (χ1n) is 5.90. The molecular weight excluding hydrogens is 200 g/mol. The predicted octanol–water partition coefficient (Wildman–Crippen LogP) is 2.46. The molecule has 0 bridgehead atoms. The van der Waals surface area contributed by atoms with E-state index in [1.54, 1.807) is 0 Å². The maximum absolute atomic E-state index is 4.53. The summed E-state index contributed by atoms with van der Waals surface area (Å²) >= 11 is 0. The average Bonchev–Trinajstić information content (AvgIpc) is 2.74. The molecule has 0 fully saturated rings. The van der Waals surface area contributed by atoms with Gasteiger partial charge >= 0.3 is 0 Å². The zero-order valence-electron chi connectivity index (χ0n) is 9.90. The van der Waals surface area contributed by atoms with Crippen LogP contribution in [-0.4, -0.2) is 21.3 Å². The topological polar surface area (TPSA) is 42.7 Å². The van der Waals surface area contributed by atoms with Crippen molar-refractivity contribution in [3.8, 4) is 0 Å². The Bertz CT molecular complexity index is 415. The van der Waals surface area contributed by atoms with Crippen molar-refractivity contribution in [3.63, 3.8) is 0 Å². The molecule has 0 saturated heterocycles. The molecule has 1 aromatic heterocycles. The third-order valence-electron chi connectivity index (χ3n) is 2.61. The fourth-order valence-corrected chi connectivity index (χ4v) is 1.78. The number of aryl methyl sites for hydroxylation is 1. The molecule has 1 aliphatic carbocycles. The summed E-state index contributed by atoms with van der Waals surface area (Å²) in [5.74, 6) is 1.73. The number of nitrogens with one attached hydrogen (secondary N) is 1. The van der Waals surface area contributed by atoms with Crippen molar-refractivity contribution in [2.24, 2.45) is 0 Å². The van der Waals surface area contributed by atoms with E-state index in [2.05, 4.69) is 47.5 Å². The number of aromatic nitrogens is 3. The van der Waals surface area contributed by atoms with E-state index in [1.807, 2.05) is 4.68 Å². The van der Waals surface area contributed by atoms with E-state index >= 15 is 0 Å². The van der Waals surface area contributed by atoms with E-state index in [-0.39, 0.29) is 0 Å². The highest BCUT2D eigenvalue weighted by Gasteiger charge is 2.12. The number of allylic oxidation sites excluding steroid dienone is 4. The Morgan fingerprint density at radius 2 is 2.31 bits per heavy atom. The lowest BCUT2D eigenvalue weighted by atomic mass is 10.1. The molecule has 0 atom stereocenters. The van der Waals surface area contributed by atoms with E-state index in [0.29, 0.717) is 0 Å². The highest BCUT2D eigenvalue weighted by atomic mass is 15.4. The summed E-state index contributed by atoms with van der Waals surface area (Å²) in [6.07, 6.45) is 8.48. The van der Waals surface area contributed by atoms with Crippen molar-refractivity contribution in [2.45, 2.75) is 33.2 Å². The molecule has 0 aromatic carbocycles. The van der Waals surface area contributed by atoms with Gasteiger partial charge in [0.15, 0.2) is 5.82 Å². The van der Waals surface area contributed by atoms with Gasteiger partial charge in [0.2, 0.25) is 5.95 Å². The predicted molar refractivity (Wildman–Crippen MR) is 66.2 cm³/mol. The first-order chi connectivity index (χ1) is 7.85. The second-order valence-electron chi connectivity index (χ2n) is 3.76. The van der Waals surface area contributed by atoms with Crippen molar-refractivity contribution >= 4 is 11.5 Å². The highest BCUT2D eigenvalue weighted by Crippen LogP contribution is 2.21. The van der Waals surface area contributed by atoms with Gasteiger partial charge in [0, 0.05) is 13.1 Å². The Labute approximate surface area is 96.1 Å². The van der Waals surface area contributed by atoms with Crippen molar-refractivity contribution in [3.05, 3.63) is 24.1 Å². The zero-order valence-corrected chi connectivity index (χ0v) is 9.90. The van der Waals surface area contributed by atoms with Crippen molar-refractivity contribution in [1.29, 1.82) is 0 Å². The van der Waals surface area contributed by atoms with Crippen LogP contribution in [0.2, 0.25) is 0 Å². The Balaban J connectivity index is 2.27. The Kier molecular flexibility index (Phi) is 3.39. The highest BCUT2D eigenvalue weighted by molar-refractivity contribution is 5.63. The van der Waals surface area contributed by atoms with E-state index in [0.717, 1.165) is 37.7 Å². The molecule has 4 heteroatoms. The maximum Gasteiger partial charge on any atom is 0.221 e. The fourth-order valence-electron chi connectivity index (χ4n) is 1.78. The van der Waals surface area contributed by atoms with Gasteiger partial charge in [-0.3, -0.25) is 0 Å². The fraction of sp³-hybridized carbons (Fsp3) is 0.500. The molecular formula is C12H18N4. The first-order valence-corrected chi connectivity index (χ1v) is 5.90. The SMILES string of the molecule is CCNc1nc(C2=CC=CCC2)nn1CC. The lowest BCUT2D eigenvalue weighted by molar-refractivity contribution is 0.660. The molecule has 1 N–H and O–H groups in total. The molecule has 0 amide bonds. The minimum atomic E-state index is 0.846. The lowest BCUT2D eigenvalue weighted by Gasteiger charge is -2.03. The van der Waals surface area contributed by atoms with Gasteiger partial charge in [-0.2, -0.15) is 4.98 Å². The van der Waals surface area contributed by atoms with Crippen LogP contribution in [0.5, 0.6) is 0 Å². The average molecular weight is 218 g/mol. The van der Waals surface area contributed by atoms with Crippen LogP contribution < -0.4 is 5.32 Å². The van der Waals surface area contributed by atoms with Crippen molar-refractivity contribution < 1.29 is 0 Å². The third-order valence-corrected chi connectivity index (χ3v) is 2.61. The second kappa shape index (κ2) is 4.96. The van der Waals surface area contributed by atoms with Gasteiger partial charge in [0.25, 0.3) is 0 Å². The maximum atomic E-state index is 4.53. The number of hydrogen-bond acceptors (Lipinski definition) is 3. The van der Waals surface area contributed by atoms with Crippen LogP contribution in [-0.2, 0) is 6.54 Å². The Morgan fingerprint density at radius 3 is 2.94 bits per heavy atom. The summed E-state index contributed by atoms with van der Waals surface area (Å²) in [5, 5.41) is 7.74. The van der Waals surface area contributed by atoms with Crippen LogP contribution >= 0.6 is 0 Å². The van der Waals surface area contributed by atoms with E-state index in [4.69, 9.17) is 0 Å². The number of anilines is 1. The molecule has 16 heavy (non-hydrogen) atoms. The van der Waals surface area contributed by atoms with E-state index in [9.17, 15) is 0 Å². The third kappa shape index (κ3) is 2.15. The number of nitrogens with zero attached hydrogens (tertiary/aromatic N) is 3. The van der Waals surface area contributed by atoms with Crippen LogP contribution in [0.1, 0.15) is 32.5 Å². The van der Waals surface area contributed by atoms with Crippen molar-refractivity contribution in [1.82, 2.24) is 14.8 Å². The molecule has 1 aromatic rings. The minimum absolute atomic E-state index is 0.846. The second-order valence-corrected chi connectivity index (χ2v) is 3.76. The van der Waals surface area contributed by atoms with Gasteiger partial charge in [-0.25, -0.2) is 4.68 Å². The molecule has 0 aliphatic heterocycles. The van der Waals surface area contributed by atoms with Crippen LogP contribution in [0, 0.1) is 0 Å². The molecule has 1 aliphatic rings. The van der Waals surface area contributed by atoms with Crippen LogP contribution in [0.25, 0.3) is 5.57 Å². The number of hydrogen-bond donors (Lipinski definition) is 1. The van der Waals surface area contributed by atoms with Gasteiger partial charge in [-0.05, 0) is 32.3 Å². The number of rotatable bonds is 4. The van der Waals surface area contributed by atoms with E-state index < -0.39 is 0 Å². The van der Waals surface area contributed by atoms with Gasteiger partial charge in [-0.15, -0.1) is 5.10 Å². The molecule has 0 spiro atoms. The quantitative estimate of drug-likeness (QED) is 0.844. The molecule has 0 radical (unpaired) electrons. The van der Waals surface area contributed by atoms with Gasteiger partial charge in [0.1, 0.15) is 0 Å². The van der Waals surface area contributed by atoms with Gasteiger partial charge in [-0.1, -0.05) is 18.2 Å². The van der Waals surface area contributed by atoms with Crippen LogP contribution in [0.15, 0.2) is 18.2 Å². The summed E-state index contributed by atoms with van der Waals surface area (Å²) in [7, 11) is 0. The van der Waals surface area contributed by atoms with Crippen LogP contribution in [0.3, 0.4) is 0 Å². The minimum Gasteiger partial charge on any atom is -0.355 e. The molecule has 2 rings (SSSR count). The molecule has 1 heterocycles. The lowest BCUT2D eigenvalue weighted by Crippen LogP contribution is -2.06. The van der Waals surface area contributed by atoms with Crippen LogP contribution in [0.4, 0.5) is 5.95 Å². The summed E-state index contributed by atoms with van der Waals surface area (Å²) in [5.41, 5.74) is 1.23. The summed E-state index contributed by atoms with van der Waals surface area (Å²) in [6.45, 7) is 5.86. The van der Waals surface area contributed by atoms with Crippen molar-refractivity contribution in [2.75, 3.05) is 11.9 Å². The Hall–Kier alpha value is -1.58. The Morgan fingerprint density at radius 1 is 1.44 bits per heavy atom. The summed E-state index contributed by atoms with van der Waals surface area (Å²) < 4.78 is 1.91. The normalized spacial score (nSPS) is 15.0. The monoisotopic (exact) mass is 218 g/mol. The van der Waals surface area contributed by atoms with Gasteiger partial charge < -0.3 is 5.32 Å². The molecule has 4 nitrogen and oxygen atoms in total. The first kappa shape index (κ1) is 10.9. The molecule has 86 valence electrons. The smallest absolute Gasteiger partial charge is 0.221 e. The largest absolute Gasteiger partial charge is 0.355 e.